The zero-order valence-corrected chi connectivity index (χ0v) is 16.6. The number of nitrogens with one attached hydrogen (secondary N) is 1. The van der Waals surface area contributed by atoms with Crippen molar-refractivity contribution in [1.29, 1.82) is 10.7 Å². The lowest BCUT2D eigenvalue weighted by atomic mass is 9.99. The molecule has 4 nitrogen and oxygen atoms in total. The Bertz CT molecular complexity index is 1140. The topological polar surface area (TPSA) is 72.9 Å². The van der Waals surface area contributed by atoms with Crippen LogP contribution in [0.25, 0.3) is 17.3 Å². The molecule has 1 aliphatic heterocycles. The van der Waals surface area contributed by atoms with E-state index in [9.17, 15) is 4.39 Å². The van der Waals surface area contributed by atoms with Gasteiger partial charge in [-0.15, -0.1) is 0 Å². The van der Waals surface area contributed by atoms with Crippen molar-refractivity contribution >= 4 is 29.1 Å². The summed E-state index contributed by atoms with van der Waals surface area (Å²) in [6, 6.07) is 8.27. The summed E-state index contributed by atoms with van der Waals surface area (Å²) in [5, 5.41) is 17.9. The van der Waals surface area contributed by atoms with E-state index in [-0.39, 0.29) is 11.3 Å². The highest BCUT2D eigenvalue weighted by atomic mass is 35.5. The summed E-state index contributed by atoms with van der Waals surface area (Å²) in [4.78, 5) is 8.60. The fraction of sp³-hybridized carbons (Fsp3) is 0.130. The SMILES string of the molecule is C=Cc1cc(F)c(-c2ncccc2C(=N)/C=C\C2=C(C)CCC(C#N)=N2)cc1Cl. The molecule has 0 aliphatic carbocycles. The number of benzene rings is 1. The average Bonchev–Trinajstić information content (AvgIpc) is 2.74. The average molecular weight is 405 g/mol. The molecule has 0 fully saturated rings. The third-order valence-electron chi connectivity index (χ3n) is 4.63. The Labute approximate surface area is 173 Å². The summed E-state index contributed by atoms with van der Waals surface area (Å²) in [6.45, 7) is 5.58. The van der Waals surface area contributed by atoms with Crippen LogP contribution in [-0.4, -0.2) is 16.4 Å². The van der Waals surface area contributed by atoms with Crippen LogP contribution in [0.2, 0.25) is 5.02 Å². The second kappa shape index (κ2) is 8.76. The lowest BCUT2D eigenvalue weighted by Crippen LogP contribution is -2.04. The molecular formula is C23H18ClFN4. The Hall–Kier alpha value is -3.36. The molecule has 0 radical (unpaired) electrons. The highest BCUT2D eigenvalue weighted by molar-refractivity contribution is 6.32. The summed E-state index contributed by atoms with van der Waals surface area (Å²) >= 11 is 6.21. The van der Waals surface area contributed by atoms with Gasteiger partial charge in [0.15, 0.2) is 0 Å². The first-order chi connectivity index (χ1) is 13.9. The highest BCUT2D eigenvalue weighted by Crippen LogP contribution is 2.30. The lowest BCUT2D eigenvalue weighted by molar-refractivity contribution is 0.630. The number of hydrogen-bond acceptors (Lipinski definition) is 4. The molecule has 3 rings (SSSR count). The Morgan fingerprint density at radius 2 is 2.17 bits per heavy atom. The van der Waals surface area contributed by atoms with Gasteiger partial charge in [0.05, 0.1) is 17.1 Å². The first kappa shape index (κ1) is 20.4. The molecule has 0 atom stereocenters. The first-order valence-electron chi connectivity index (χ1n) is 8.96. The summed E-state index contributed by atoms with van der Waals surface area (Å²) in [6.07, 6.45) is 7.70. The van der Waals surface area contributed by atoms with Crippen LogP contribution in [0, 0.1) is 22.6 Å². The van der Waals surface area contributed by atoms with Gasteiger partial charge in [0.2, 0.25) is 0 Å². The number of pyridine rings is 1. The molecule has 29 heavy (non-hydrogen) atoms. The predicted octanol–water partition coefficient (Wildman–Crippen LogP) is 6.14. The smallest absolute Gasteiger partial charge is 0.133 e. The van der Waals surface area contributed by atoms with Gasteiger partial charge in [0, 0.05) is 28.8 Å². The van der Waals surface area contributed by atoms with E-state index in [1.807, 2.05) is 6.92 Å². The van der Waals surface area contributed by atoms with E-state index >= 15 is 0 Å². The zero-order chi connectivity index (χ0) is 21.0. The molecule has 2 heterocycles. The molecule has 0 spiro atoms. The Morgan fingerprint density at radius 1 is 1.38 bits per heavy atom. The van der Waals surface area contributed by atoms with Gasteiger partial charge in [-0.3, -0.25) is 4.98 Å². The van der Waals surface area contributed by atoms with Crippen molar-refractivity contribution in [3.8, 4) is 17.3 Å². The zero-order valence-electron chi connectivity index (χ0n) is 15.8. The fourth-order valence-electron chi connectivity index (χ4n) is 2.98. The standard InChI is InChI=1S/C23H18ClFN4/c1-3-15-11-20(25)18(12-19(15)24)23-17(5-4-10-28-23)21(27)8-9-22-14(2)6-7-16(13-26)29-22/h3-5,8-12,27H,1,6-7H2,2H3/b9-8-,27-21?. The Balaban J connectivity index is 1.99. The predicted molar refractivity (Wildman–Crippen MR) is 116 cm³/mol. The van der Waals surface area contributed by atoms with Crippen LogP contribution in [-0.2, 0) is 0 Å². The van der Waals surface area contributed by atoms with Gasteiger partial charge < -0.3 is 5.41 Å². The molecule has 0 amide bonds. The number of hydrogen-bond donors (Lipinski definition) is 1. The molecule has 144 valence electrons. The second-order valence-corrected chi connectivity index (χ2v) is 6.95. The molecule has 0 saturated heterocycles. The minimum Gasteiger partial charge on any atom is -0.300 e. The van der Waals surface area contributed by atoms with Gasteiger partial charge in [-0.25, -0.2) is 9.38 Å². The fourth-order valence-corrected chi connectivity index (χ4v) is 3.22. The minimum atomic E-state index is -0.491. The molecule has 2 aromatic rings. The number of rotatable bonds is 5. The number of allylic oxidation sites excluding steroid dienone is 3. The molecule has 6 heteroatoms. The molecule has 1 aromatic carbocycles. The van der Waals surface area contributed by atoms with Crippen LogP contribution in [0.1, 0.15) is 30.9 Å². The summed E-state index contributed by atoms with van der Waals surface area (Å²) in [7, 11) is 0. The van der Waals surface area contributed by atoms with Crippen molar-refractivity contribution in [2.24, 2.45) is 4.99 Å². The van der Waals surface area contributed by atoms with Gasteiger partial charge >= 0.3 is 0 Å². The van der Waals surface area contributed by atoms with Gasteiger partial charge in [-0.2, -0.15) is 5.26 Å². The summed E-state index contributed by atoms with van der Waals surface area (Å²) in [5.74, 6) is -0.491. The molecule has 0 bridgehead atoms. The maximum Gasteiger partial charge on any atom is 0.133 e. The van der Waals surface area contributed by atoms with E-state index < -0.39 is 5.82 Å². The normalized spacial score (nSPS) is 13.9. The van der Waals surface area contributed by atoms with Crippen LogP contribution in [0.15, 0.2) is 65.5 Å². The Morgan fingerprint density at radius 3 is 2.90 bits per heavy atom. The van der Waals surface area contributed by atoms with E-state index in [2.05, 4.69) is 22.6 Å². The Kier molecular flexibility index (Phi) is 6.16. The highest BCUT2D eigenvalue weighted by Gasteiger charge is 2.16. The summed E-state index contributed by atoms with van der Waals surface area (Å²) < 4.78 is 14.7. The van der Waals surface area contributed by atoms with Crippen LogP contribution in [0.3, 0.4) is 0 Å². The lowest BCUT2D eigenvalue weighted by Gasteiger charge is -2.12. The molecule has 1 aliphatic rings. The van der Waals surface area contributed by atoms with Crippen molar-refractivity contribution in [2.45, 2.75) is 19.8 Å². The molecule has 0 saturated carbocycles. The quantitative estimate of drug-likeness (QED) is 0.607. The van der Waals surface area contributed by atoms with Gasteiger partial charge in [-0.1, -0.05) is 24.3 Å². The maximum absolute atomic E-state index is 14.7. The third-order valence-corrected chi connectivity index (χ3v) is 4.95. The number of aromatic nitrogens is 1. The minimum absolute atomic E-state index is 0.149. The van der Waals surface area contributed by atoms with Gasteiger partial charge in [0.1, 0.15) is 17.6 Å². The van der Waals surface area contributed by atoms with Crippen LogP contribution in [0.5, 0.6) is 0 Å². The van der Waals surface area contributed by atoms with E-state index in [4.69, 9.17) is 22.3 Å². The van der Waals surface area contributed by atoms with Crippen LogP contribution >= 0.6 is 11.6 Å². The van der Waals surface area contributed by atoms with Gasteiger partial charge in [-0.05, 0) is 60.9 Å². The van der Waals surface area contributed by atoms with Crippen molar-refractivity contribution < 1.29 is 4.39 Å². The van der Waals surface area contributed by atoms with E-state index in [1.54, 1.807) is 30.5 Å². The van der Waals surface area contributed by atoms with Crippen molar-refractivity contribution in [1.82, 2.24) is 4.98 Å². The van der Waals surface area contributed by atoms with Crippen molar-refractivity contribution in [2.75, 3.05) is 0 Å². The number of halogens is 2. The molecular weight excluding hydrogens is 387 g/mol. The molecule has 0 unspecified atom stereocenters. The third kappa shape index (κ3) is 4.39. The van der Waals surface area contributed by atoms with Crippen molar-refractivity contribution in [3.05, 3.63) is 82.4 Å². The second-order valence-electron chi connectivity index (χ2n) is 6.54. The largest absolute Gasteiger partial charge is 0.300 e. The summed E-state index contributed by atoms with van der Waals surface area (Å²) in [5.41, 5.74) is 3.85. The van der Waals surface area contributed by atoms with E-state index in [1.165, 1.54) is 18.2 Å². The van der Waals surface area contributed by atoms with Crippen LogP contribution in [0.4, 0.5) is 4.39 Å². The molecule has 1 aromatic heterocycles. The van der Waals surface area contributed by atoms with Crippen LogP contribution < -0.4 is 0 Å². The van der Waals surface area contributed by atoms with Crippen molar-refractivity contribution in [3.63, 3.8) is 0 Å². The maximum atomic E-state index is 14.7. The van der Waals surface area contributed by atoms with Gasteiger partial charge in [0.25, 0.3) is 0 Å². The van der Waals surface area contributed by atoms with E-state index in [0.717, 1.165) is 12.0 Å². The number of nitriles is 1. The molecule has 1 N–H and O–H groups in total. The first-order valence-corrected chi connectivity index (χ1v) is 9.33. The number of aliphatic imine (C=N–C) groups is 1. The van der Waals surface area contributed by atoms with E-state index in [0.29, 0.717) is 39.7 Å². The number of nitrogens with zero attached hydrogens (tertiary/aromatic N) is 3. The monoisotopic (exact) mass is 404 g/mol.